The first kappa shape index (κ1) is 31.7. The van der Waals surface area contributed by atoms with Crippen LogP contribution >= 0.6 is 11.6 Å². The molecule has 0 radical (unpaired) electrons. The quantitative estimate of drug-likeness (QED) is 0.283. The minimum atomic E-state index is -1.03. The van der Waals surface area contributed by atoms with Crippen molar-refractivity contribution in [2.24, 2.45) is 0 Å². The molecule has 0 spiro atoms. The summed E-state index contributed by atoms with van der Waals surface area (Å²) in [5.74, 6) is -2.18. The lowest BCUT2D eigenvalue weighted by molar-refractivity contribution is -0.166. The molecule has 1 atom stereocenters. The standard InChI is InChI=1S/C32H40ClN5O6/c1-32(2,3)44-31(42)27(38-15-14-37(29(40)30(38)41)26-19-22(33)6-9-25(26)34)18-21-4-7-24(8-5-21)36-13-12-35(20-28(36)39)23-10-16-43-17-11-23/h4-9,19,23,27H,10-18,20,34H2,1-3H3. The van der Waals surface area contributed by atoms with Crippen molar-refractivity contribution in [3.05, 3.63) is 53.1 Å². The number of nitrogens with two attached hydrogens (primary N) is 1. The Bertz CT molecular complexity index is 1400. The molecule has 236 valence electrons. The number of nitrogens with zero attached hydrogens (tertiary/aromatic N) is 4. The summed E-state index contributed by atoms with van der Waals surface area (Å²) >= 11 is 6.12. The number of piperazine rings is 2. The van der Waals surface area contributed by atoms with Crippen LogP contribution in [0, 0.1) is 0 Å². The van der Waals surface area contributed by atoms with E-state index in [0.717, 1.165) is 43.9 Å². The molecule has 44 heavy (non-hydrogen) atoms. The predicted octanol–water partition coefficient (Wildman–Crippen LogP) is 2.88. The van der Waals surface area contributed by atoms with Crippen LogP contribution in [-0.4, -0.2) is 97.1 Å². The Labute approximate surface area is 262 Å². The van der Waals surface area contributed by atoms with E-state index in [4.69, 9.17) is 26.8 Å². The summed E-state index contributed by atoms with van der Waals surface area (Å²) in [6, 6.07) is 11.5. The van der Waals surface area contributed by atoms with Crippen LogP contribution in [0.5, 0.6) is 0 Å². The van der Waals surface area contributed by atoms with Gasteiger partial charge in [-0.1, -0.05) is 23.7 Å². The molecule has 2 N–H and O–H groups in total. The van der Waals surface area contributed by atoms with Crippen LogP contribution in [0.25, 0.3) is 0 Å². The van der Waals surface area contributed by atoms with Crippen molar-refractivity contribution in [2.75, 3.05) is 61.5 Å². The molecule has 1 unspecified atom stereocenters. The van der Waals surface area contributed by atoms with E-state index in [-0.39, 0.29) is 25.4 Å². The highest BCUT2D eigenvalue weighted by Crippen LogP contribution is 2.30. The minimum absolute atomic E-state index is 0.0458. The molecule has 3 heterocycles. The number of anilines is 3. The van der Waals surface area contributed by atoms with E-state index in [1.54, 1.807) is 43.9 Å². The van der Waals surface area contributed by atoms with Crippen molar-refractivity contribution < 1.29 is 28.7 Å². The molecule has 3 aliphatic heterocycles. The third-order valence-corrected chi connectivity index (χ3v) is 8.46. The molecule has 11 nitrogen and oxygen atoms in total. The number of halogens is 1. The number of hydrogen-bond acceptors (Lipinski definition) is 8. The van der Waals surface area contributed by atoms with Crippen LogP contribution in [0.3, 0.4) is 0 Å². The molecule has 3 fully saturated rings. The fourth-order valence-corrected chi connectivity index (χ4v) is 6.15. The first-order valence-corrected chi connectivity index (χ1v) is 15.4. The van der Waals surface area contributed by atoms with Gasteiger partial charge in [-0.3, -0.25) is 19.3 Å². The summed E-state index contributed by atoms with van der Waals surface area (Å²) in [7, 11) is 0. The highest BCUT2D eigenvalue weighted by atomic mass is 35.5. The van der Waals surface area contributed by atoms with Crippen LogP contribution in [0.4, 0.5) is 17.1 Å². The lowest BCUT2D eigenvalue weighted by atomic mass is 10.0. The summed E-state index contributed by atoms with van der Waals surface area (Å²) in [6.45, 7) is 8.71. The zero-order valence-corrected chi connectivity index (χ0v) is 26.2. The Morgan fingerprint density at radius 3 is 2.32 bits per heavy atom. The molecule has 2 aromatic carbocycles. The second-order valence-electron chi connectivity index (χ2n) is 12.4. The van der Waals surface area contributed by atoms with Crippen LogP contribution in [-0.2, 0) is 35.1 Å². The molecule has 0 bridgehead atoms. The molecule has 2 aromatic rings. The summed E-state index contributed by atoms with van der Waals surface area (Å²) < 4.78 is 11.2. The van der Waals surface area contributed by atoms with E-state index in [1.165, 1.54) is 9.80 Å². The number of amides is 3. The number of hydrogen-bond donors (Lipinski definition) is 1. The van der Waals surface area contributed by atoms with Crippen molar-refractivity contribution in [2.45, 2.75) is 57.7 Å². The number of carbonyl (C=O) groups is 4. The molecule has 0 aromatic heterocycles. The summed E-state index contributed by atoms with van der Waals surface area (Å²) in [5.41, 5.74) is 7.49. The Morgan fingerprint density at radius 1 is 0.977 bits per heavy atom. The predicted molar refractivity (Wildman–Crippen MR) is 167 cm³/mol. The Kier molecular flexibility index (Phi) is 9.48. The van der Waals surface area contributed by atoms with Gasteiger partial charge in [0.15, 0.2) is 0 Å². The zero-order chi connectivity index (χ0) is 31.6. The van der Waals surface area contributed by atoms with Crippen molar-refractivity contribution in [3.63, 3.8) is 0 Å². The maximum atomic E-state index is 13.4. The Hall–Kier alpha value is -3.67. The SMILES string of the molecule is CC(C)(C)OC(=O)C(Cc1ccc(N2CCN(C3CCOCC3)CC2=O)cc1)N1CCN(c2cc(Cl)ccc2N)C(=O)C1=O. The number of esters is 1. The highest BCUT2D eigenvalue weighted by Gasteiger charge is 2.42. The van der Waals surface area contributed by atoms with Crippen molar-refractivity contribution in [1.29, 1.82) is 0 Å². The molecular formula is C32H40ClN5O6. The first-order valence-electron chi connectivity index (χ1n) is 15.0. The van der Waals surface area contributed by atoms with Gasteiger partial charge >= 0.3 is 17.8 Å². The van der Waals surface area contributed by atoms with Gasteiger partial charge in [0.05, 0.1) is 17.9 Å². The van der Waals surface area contributed by atoms with Gasteiger partial charge in [-0.05, 0) is 69.5 Å². The third-order valence-electron chi connectivity index (χ3n) is 8.23. The Balaban J connectivity index is 1.30. The number of nitrogen functional groups attached to an aromatic ring is 1. The largest absolute Gasteiger partial charge is 0.458 e. The molecule has 3 aliphatic rings. The fraction of sp³-hybridized carbons (Fsp3) is 0.500. The van der Waals surface area contributed by atoms with Crippen molar-refractivity contribution in [3.8, 4) is 0 Å². The minimum Gasteiger partial charge on any atom is -0.458 e. The van der Waals surface area contributed by atoms with Crippen LogP contribution in [0.15, 0.2) is 42.5 Å². The van der Waals surface area contributed by atoms with Crippen LogP contribution in [0.2, 0.25) is 5.02 Å². The normalized spacial score (nSPS) is 19.8. The van der Waals surface area contributed by atoms with Gasteiger partial charge in [0.2, 0.25) is 5.91 Å². The molecular weight excluding hydrogens is 586 g/mol. The van der Waals surface area contributed by atoms with E-state index in [1.807, 2.05) is 24.3 Å². The van der Waals surface area contributed by atoms with Gasteiger partial charge in [-0.15, -0.1) is 0 Å². The van der Waals surface area contributed by atoms with Crippen molar-refractivity contribution in [1.82, 2.24) is 9.80 Å². The number of rotatable bonds is 7. The van der Waals surface area contributed by atoms with Crippen LogP contribution < -0.4 is 15.5 Å². The topological polar surface area (TPSA) is 126 Å². The molecule has 5 rings (SSSR count). The molecule has 0 saturated carbocycles. The maximum Gasteiger partial charge on any atom is 0.329 e. The first-order chi connectivity index (χ1) is 20.9. The monoisotopic (exact) mass is 625 g/mol. The van der Waals surface area contributed by atoms with E-state index in [2.05, 4.69) is 4.90 Å². The summed E-state index contributed by atoms with van der Waals surface area (Å²) in [4.78, 5) is 59.8. The third kappa shape index (κ3) is 7.17. The van der Waals surface area contributed by atoms with Gasteiger partial charge in [-0.2, -0.15) is 0 Å². The second-order valence-corrected chi connectivity index (χ2v) is 12.9. The van der Waals surface area contributed by atoms with E-state index < -0.39 is 29.4 Å². The van der Waals surface area contributed by atoms with Gasteiger partial charge in [-0.25, -0.2) is 4.79 Å². The van der Waals surface area contributed by atoms with Crippen LogP contribution in [0.1, 0.15) is 39.2 Å². The molecule has 0 aliphatic carbocycles. The summed E-state index contributed by atoms with van der Waals surface area (Å²) in [6.07, 6.45) is 2.02. The van der Waals surface area contributed by atoms with Gasteiger partial charge in [0, 0.05) is 62.6 Å². The van der Waals surface area contributed by atoms with Gasteiger partial charge in [0.1, 0.15) is 11.6 Å². The average Bonchev–Trinajstić information content (AvgIpc) is 2.99. The zero-order valence-electron chi connectivity index (χ0n) is 25.5. The number of ether oxygens (including phenoxy) is 2. The lowest BCUT2D eigenvalue weighted by Gasteiger charge is -2.40. The number of benzene rings is 2. The number of carbonyl (C=O) groups excluding carboxylic acids is 4. The van der Waals surface area contributed by atoms with Crippen molar-refractivity contribution >= 4 is 52.4 Å². The fourth-order valence-electron chi connectivity index (χ4n) is 5.98. The highest BCUT2D eigenvalue weighted by molar-refractivity contribution is 6.41. The Morgan fingerprint density at radius 2 is 1.66 bits per heavy atom. The molecule has 12 heteroatoms. The maximum absolute atomic E-state index is 13.4. The van der Waals surface area contributed by atoms with E-state index in [0.29, 0.717) is 35.5 Å². The van der Waals surface area contributed by atoms with E-state index >= 15 is 0 Å². The van der Waals surface area contributed by atoms with E-state index in [9.17, 15) is 19.2 Å². The van der Waals surface area contributed by atoms with Gasteiger partial charge in [0.25, 0.3) is 0 Å². The molecule has 3 saturated heterocycles. The second kappa shape index (κ2) is 13.1. The average molecular weight is 626 g/mol. The molecule has 3 amide bonds. The summed E-state index contributed by atoms with van der Waals surface area (Å²) in [5, 5.41) is 0.384. The van der Waals surface area contributed by atoms with Gasteiger partial charge < -0.3 is 29.9 Å². The smallest absolute Gasteiger partial charge is 0.329 e. The lowest BCUT2D eigenvalue weighted by Crippen LogP contribution is -2.60.